The fraction of sp³-hybridized carbons (Fsp3) is 0.419. The summed E-state index contributed by atoms with van der Waals surface area (Å²) in [6.45, 7) is 7.30. The van der Waals surface area contributed by atoms with Gasteiger partial charge < -0.3 is 5.11 Å². The average molecular weight is 662 g/mol. The van der Waals surface area contributed by atoms with E-state index in [9.17, 15) is 32.7 Å². The van der Waals surface area contributed by atoms with E-state index in [-0.39, 0.29) is 39.9 Å². The predicted octanol–water partition coefficient (Wildman–Crippen LogP) is 6.74. The molecule has 3 saturated heterocycles. The zero-order valence-electron chi connectivity index (χ0n) is 24.7. The molecule has 9 nitrogen and oxygen atoms in total. The molecule has 0 saturated carbocycles. The number of nitrogens with one attached hydrogen (secondary N) is 1. The molecule has 2 bridgehead atoms. The number of piperazine rings is 1. The second kappa shape index (κ2) is 11.1. The summed E-state index contributed by atoms with van der Waals surface area (Å²) in [6, 6.07) is 8.62. The summed E-state index contributed by atoms with van der Waals surface area (Å²) >= 11 is 6.63. The number of aromatic nitrogens is 2. The van der Waals surface area contributed by atoms with Crippen LogP contribution in [-0.4, -0.2) is 85.0 Å². The Bertz CT molecular complexity index is 1750. The lowest BCUT2D eigenvalue weighted by Gasteiger charge is -2.48. The average Bonchev–Trinajstić information content (AvgIpc) is 3.73. The third-order valence-corrected chi connectivity index (χ3v) is 10.6. The van der Waals surface area contributed by atoms with Gasteiger partial charge in [-0.25, -0.2) is 4.79 Å². The Labute approximate surface area is 266 Å². The van der Waals surface area contributed by atoms with Crippen LogP contribution in [0.15, 0.2) is 47.5 Å². The van der Waals surface area contributed by atoms with Crippen LogP contribution in [0.4, 0.5) is 22.8 Å². The molecule has 0 unspecified atom stereocenters. The van der Waals surface area contributed by atoms with Crippen molar-refractivity contribution in [3.63, 3.8) is 0 Å². The van der Waals surface area contributed by atoms with E-state index in [4.69, 9.17) is 11.6 Å². The monoisotopic (exact) mass is 661 g/mol. The zero-order valence-corrected chi connectivity index (χ0v) is 26.3. The number of H-pyrrole nitrogens is 1. The van der Waals surface area contributed by atoms with E-state index in [1.165, 1.54) is 17.0 Å². The van der Waals surface area contributed by atoms with Crippen LogP contribution >= 0.6 is 23.4 Å². The highest BCUT2D eigenvalue weighted by molar-refractivity contribution is 8.18. The molecule has 3 aromatic rings. The Hall–Kier alpha value is -3.55. The normalized spacial score (nSPS) is 23.6. The molecular weight excluding hydrogens is 631 g/mol. The first-order valence-corrected chi connectivity index (χ1v) is 15.6. The van der Waals surface area contributed by atoms with Crippen LogP contribution in [0.3, 0.4) is 0 Å². The Morgan fingerprint density at radius 3 is 2.60 bits per heavy atom. The molecule has 2 aromatic carbocycles. The minimum Gasteiger partial charge on any atom is -0.465 e. The molecule has 0 spiro atoms. The van der Waals surface area contributed by atoms with Gasteiger partial charge >= 0.3 is 12.3 Å². The van der Waals surface area contributed by atoms with Gasteiger partial charge in [0.15, 0.2) is 0 Å². The lowest BCUT2D eigenvalue weighted by molar-refractivity contribution is -0.138. The number of imide groups is 1. The van der Waals surface area contributed by atoms with Gasteiger partial charge in [0, 0.05) is 42.6 Å². The number of rotatable bonds is 6. The standard InChI is InChI=1S/C31H31ClF3N5O4S/c1-29(2,3)30-13-21(15-40(30)27(42)43)38(16-30)8-9-39-26(41)25(45-28(39)44)22(17-5-7-24-19(10-17)14-36-37-24)11-18-4-6-20(32)12-23(18)31(33,34)35/h4-7,10,12,14,21H,8-9,11,13,15-16H2,1-3H3,(H,36,37)(H,42,43)/t21-,30+/m0/s1. The number of fused-ring (bicyclic) bond motifs is 3. The van der Waals surface area contributed by atoms with E-state index in [0.29, 0.717) is 59.9 Å². The quantitative estimate of drug-likeness (QED) is 0.282. The number of thioether (sulfide) groups is 1. The van der Waals surface area contributed by atoms with E-state index in [2.05, 4.69) is 15.1 Å². The van der Waals surface area contributed by atoms with Gasteiger partial charge in [0.05, 0.1) is 27.7 Å². The van der Waals surface area contributed by atoms with Crippen molar-refractivity contribution in [3.05, 3.63) is 69.2 Å². The number of hydrogen-bond donors (Lipinski definition) is 2. The molecule has 0 aliphatic carbocycles. The van der Waals surface area contributed by atoms with E-state index >= 15 is 0 Å². The molecule has 0 radical (unpaired) electrons. The van der Waals surface area contributed by atoms with E-state index in [1.54, 1.807) is 24.4 Å². The maximum Gasteiger partial charge on any atom is 0.416 e. The van der Waals surface area contributed by atoms with Crippen LogP contribution in [0.2, 0.25) is 5.02 Å². The van der Waals surface area contributed by atoms with Crippen molar-refractivity contribution in [2.45, 2.75) is 51.4 Å². The third-order valence-electron chi connectivity index (χ3n) is 9.36. The number of allylic oxidation sites excluding steroid dienone is 1. The van der Waals surface area contributed by atoms with Crippen LogP contribution in [0.5, 0.6) is 0 Å². The maximum absolute atomic E-state index is 14.0. The van der Waals surface area contributed by atoms with Gasteiger partial charge in [0.1, 0.15) is 0 Å². The van der Waals surface area contributed by atoms with Gasteiger partial charge in [-0.15, -0.1) is 0 Å². The van der Waals surface area contributed by atoms with Gasteiger partial charge in [-0.1, -0.05) is 44.5 Å². The summed E-state index contributed by atoms with van der Waals surface area (Å²) in [5.74, 6) is -0.572. The second-order valence-corrected chi connectivity index (χ2v) is 14.2. The SMILES string of the molecule is CC(C)(C)[C@]12C[C@@H](CN1C(=O)O)N(CCN1C(=O)SC(=C(Cc3ccc(Cl)cc3C(F)(F)F)c3ccc4[nH]ncc4c3)C1=O)C2. The van der Waals surface area contributed by atoms with E-state index < -0.39 is 34.5 Å². The van der Waals surface area contributed by atoms with Gasteiger partial charge in [-0.05, 0) is 71.0 Å². The summed E-state index contributed by atoms with van der Waals surface area (Å²) in [6.07, 6.45) is -3.68. The Morgan fingerprint density at radius 1 is 1.16 bits per heavy atom. The summed E-state index contributed by atoms with van der Waals surface area (Å²) in [7, 11) is 0. The molecule has 14 heteroatoms. The number of amides is 3. The fourth-order valence-corrected chi connectivity index (χ4v) is 8.03. The van der Waals surface area contributed by atoms with Crippen LogP contribution < -0.4 is 0 Å². The van der Waals surface area contributed by atoms with Crippen molar-refractivity contribution in [2.75, 3.05) is 26.2 Å². The molecule has 238 valence electrons. The van der Waals surface area contributed by atoms with Crippen molar-refractivity contribution in [1.29, 1.82) is 0 Å². The summed E-state index contributed by atoms with van der Waals surface area (Å²) in [4.78, 5) is 44.0. The van der Waals surface area contributed by atoms with Gasteiger partial charge in [-0.3, -0.25) is 29.4 Å². The number of carbonyl (C=O) groups is 3. The number of carbonyl (C=O) groups excluding carboxylic acids is 2. The molecule has 2 N–H and O–H groups in total. The number of carboxylic acid groups (broad SMARTS) is 1. The fourth-order valence-electron chi connectivity index (χ4n) is 6.89. The number of alkyl halides is 3. The number of hydrogen-bond acceptors (Lipinski definition) is 6. The van der Waals surface area contributed by atoms with E-state index in [0.717, 1.165) is 11.0 Å². The lowest BCUT2D eigenvalue weighted by Crippen LogP contribution is -2.62. The van der Waals surface area contributed by atoms with Crippen molar-refractivity contribution in [2.24, 2.45) is 5.41 Å². The predicted molar refractivity (Wildman–Crippen MR) is 165 cm³/mol. The van der Waals surface area contributed by atoms with Crippen LogP contribution in [0, 0.1) is 5.41 Å². The van der Waals surface area contributed by atoms with Crippen LogP contribution in [0.1, 0.15) is 43.9 Å². The van der Waals surface area contributed by atoms with Crippen molar-refractivity contribution in [1.82, 2.24) is 24.9 Å². The first-order chi connectivity index (χ1) is 21.1. The highest BCUT2D eigenvalue weighted by atomic mass is 35.5. The zero-order chi connectivity index (χ0) is 32.5. The molecule has 3 amide bonds. The number of aromatic amines is 1. The molecule has 6 rings (SSSR count). The third kappa shape index (κ3) is 5.48. The highest BCUT2D eigenvalue weighted by Gasteiger charge is 2.61. The highest BCUT2D eigenvalue weighted by Crippen LogP contribution is 2.50. The van der Waals surface area contributed by atoms with Crippen molar-refractivity contribution >= 4 is 57.1 Å². The second-order valence-electron chi connectivity index (χ2n) is 12.8. The molecule has 45 heavy (non-hydrogen) atoms. The first-order valence-electron chi connectivity index (χ1n) is 14.4. The summed E-state index contributed by atoms with van der Waals surface area (Å²) in [5.41, 5.74) is -0.412. The Morgan fingerprint density at radius 2 is 1.91 bits per heavy atom. The molecule has 3 aliphatic heterocycles. The molecule has 2 atom stereocenters. The van der Waals surface area contributed by atoms with Gasteiger partial charge in [-0.2, -0.15) is 18.3 Å². The largest absolute Gasteiger partial charge is 0.465 e. The smallest absolute Gasteiger partial charge is 0.416 e. The minimum absolute atomic E-state index is 0.0428. The minimum atomic E-state index is -4.69. The number of halogens is 4. The van der Waals surface area contributed by atoms with Crippen LogP contribution in [0.25, 0.3) is 16.5 Å². The maximum atomic E-state index is 14.0. The number of likely N-dealkylation sites (tertiary alicyclic amines) is 2. The summed E-state index contributed by atoms with van der Waals surface area (Å²) < 4.78 is 42.1. The Balaban J connectivity index is 1.31. The first kappa shape index (κ1) is 31.4. The van der Waals surface area contributed by atoms with Gasteiger partial charge in [0.2, 0.25) is 0 Å². The van der Waals surface area contributed by atoms with Crippen LogP contribution in [-0.2, 0) is 17.4 Å². The topological polar surface area (TPSA) is 110 Å². The summed E-state index contributed by atoms with van der Waals surface area (Å²) in [5, 5.41) is 16.8. The molecule has 3 aliphatic rings. The van der Waals surface area contributed by atoms with Crippen molar-refractivity contribution in [3.8, 4) is 0 Å². The molecule has 4 heterocycles. The molecular formula is C31H31ClF3N5O4S. The molecule has 1 aromatic heterocycles. The number of benzene rings is 2. The van der Waals surface area contributed by atoms with Gasteiger partial charge in [0.25, 0.3) is 11.1 Å². The number of nitrogens with zero attached hydrogens (tertiary/aromatic N) is 4. The Kier molecular flexibility index (Phi) is 7.72. The molecule has 3 fully saturated rings. The van der Waals surface area contributed by atoms with E-state index in [1.807, 2.05) is 20.8 Å². The lowest BCUT2D eigenvalue weighted by atomic mass is 9.73. The van der Waals surface area contributed by atoms with Crippen molar-refractivity contribution < 1.29 is 32.7 Å².